The highest BCUT2D eigenvalue weighted by molar-refractivity contribution is 7.20. The van der Waals surface area contributed by atoms with Gasteiger partial charge in [-0.3, -0.25) is 9.48 Å². The molecule has 1 aliphatic heterocycles. The lowest BCUT2D eigenvalue weighted by Gasteiger charge is -2.33. The fourth-order valence-corrected chi connectivity index (χ4v) is 4.90. The van der Waals surface area contributed by atoms with Crippen LogP contribution < -0.4 is 0 Å². The maximum Gasteiger partial charge on any atom is 0.328 e. The number of nitrogens with zero attached hydrogens (tertiary/aromatic N) is 3. The zero-order valence-electron chi connectivity index (χ0n) is 16.4. The van der Waals surface area contributed by atoms with Crippen molar-refractivity contribution in [2.75, 3.05) is 13.7 Å². The van der Waals surface area contributed by atoms with Crippen LogP contribution in [-0.4, -0.2) is 46.3 Å². The molecule has 1 atom stereocenters. The number of ether oxygens (including phenoxy) is 1. The van der Waals surface area contributed by atoms with E-state index in [9.17, 15) is 14.0 Å². The molecule has 6 nitrogen and oxygen atoms in total. The van der Waals surface area contributed by atoms with Crippen LogP contribution in [0.4, 0.5) is 4.39 Å². The molecule has 0 N–H and O–H groups in total. The Morgan fingerprint density at radius 2 is 2.03 bits per heavy atom. The summed E-state index contributed by atoms with van der Waals surface area (Å²) < 4.78 is 19.9. The number of aromatic nitrogens is 2. The molecular weight excluding hydrogens is 393 g/mol. The molecule has 1 saturated heterocycles. The van der Waals surface area contributed by atoms with Gasteiger partial charge in [-0.15, -0.1) is 11.3 Å². The molecule has 0 bridgehead atoms. The van der Waals surface area contributed by atoms with E-state index in [-0.39, 0.29) is 17.7 Å². The first kappa shape index (κ1) is 19.6. The van der Waals surface area contributed by atoms with Gasteiger partial charge in [0.1, 0.15) is 16.7 Å². The third-order valence-corrected chi connectivity index (χ3v) is 6.44. The van der Waals surface area contributed by atoms with Crippen molar-refractivity contribution in [3.63, 3.8) is 0 Å². The van der Waals surface area contributed by atoms with Gasteiger partial charge in [0.2, 0.25) is 0 Å². The molecule has 1 aliphatic rings. The van der Waals surface area contributed by atoms with Gasteiger partial charge in [0.25, 0.3) is 5.91 Å². The summed E-state index contributed by atoms with van der Waals surface area (Å²) in [5.74, 6) is -0.784. The molecule has 1 aromatic carbocycles. The van der Waals surface area contributed by atoms with Crippen molar-refractivity contribution in [1.82, 2.24) is 14.7 Å². The Labute approximate surface area is 171 Å². The smallest absolute Gasteiger partial charge is 0.328 e. The van der Waals surface area contributed by atoms with Gasteiger partial charge in [0, 0.05) is 11.9 Å². The van der Waals surface area contributed by atoms with Crippen molar-refractivity contribution in [1.29, 1.82) is 0 Å². The SMILES string of the molecule is COC(=O)C1CCCCN1C(=O)c1cc2c(C)nn(Cc3ccc(F)cc3)c2s1. The van der Waals surface area contributed by atoms with Crippen LogP contribution in [0.5, 0.6) is 0 Å². The third kappa shape index (κ3) is 3.76. The Kier molecular flexibility index (Phi) is 5.36. The van der Waals surface area contributed by atoms with Crippen molar-refractivity contribution in [3.05, 3.63) is 52.3 Å². The molecule has 0 spiro atoms. The van der Waals surface area contributed by atoms with Crippen molar-refractivity contribution >= 4 is 33.4 Å². The van der Waals surface area contributed by atoms with Crippen molar-refractivity contribution < 1.29 is 18.7 Å². The summed E-state index contributed by atoms with van der Waals surface area (Å²) in [7, 11) is 1.35. The van der Waals surface area contributed by atoms with Crippen LogP contribution in [0.25, 0.3) is 10.2 Å². The summed E-state index contributed by atoms with van der Waals surface area (Å²) in [6.07, 6.45) is 2.41. The Morgan fingerprint density at radius 3 is 2.76 bits per heavy atom. The van der Waals surface area contributed by atoms with Crippen LogP contribution in [0, 0.1) is 12.7 Å². The van der Waals surface area contributed by atoms with Gasteiger partial charge in [-0.05, 0) is 49.9 Å². The minimum absolute atomic E-state index is 0.144. The molecule has 3 aromatic rings. The molecule has 1 fully saturated rings. The lowest BCUT2D eigenvalue weighted by molar-refractivity contribution is -0.147. The predicted octanol–water partition coefficient (Wildman–Crippen LogP) is 3.76. The van der Waals surface area contributed by atoms with Crippen LogP contribution >= 0.6 is 11.3 Å². The van der Waals surface area contributed by atoms with E-state index in [1.165, 1.54) is 30.6 Å². The number of piperidine rings is 1. The highest BCUT2D eigenvalue weighted by atomic mass is 32.1. The van der Waals surface area contributed by atoms with Gasteiger partial charge in [-0.2, -0.15) is 5.10 Å². The molecule has 4 rings (SSSR count). The minimum Gasteiger partial charge on any atom is -0.467 e. The Hall–Kier alpha value is -2.74. The number of likely N-dealkylation sites (tertiary alicyclic amines) is 1. The lowest BCUT2D eigenvalue weighted by atomic mass is 10.0. The van der Waals surface area contributed by atoms with E-state index < -0.39 is 6.04 Å². The summed E-state index contributed by atoms with van der Waals surface area (Å²) in [6, 6.07) is 7.64. The van der Waals surface area contributed by atoms with Gasteiger partial charge in [-0.1, -0.05) is 12.1 Å². The number of methoxy groups -OCH3 is 1. The fraction of sp³-hybridized carbons (Fsp3) is 0.381. The summed E-state index contributed by atoms with van der Waals surface area (Å²) >= 11 is 1.37. The quantitative estimate of drug-likeness (QED) is 0.609. The average Bonchev–Trinajstić information content (AvgIpc) is 3.30. The summed E-state index contributed by atoms with van der Waals surface area (Å²) in [5.41, 5.74) is 1.76. The number of thiophene rings is 1. The first-order valence-electron chi connectivity index (χ1n) is 9.58. The van der Waals surface area contributed by atoms with E-state index >= 15 is 0 Å². The molecule has 3 heterocycles. The minimum atomic E-state index is -0.525. The molecule has 152 valence electrons. The van der Waals surface area contributed by atoms with Crippen LogP contribution in [0.2, 0.25) is 0 Å². The highest BCUT2D eigenvalue weighted by Crippen LogP contribution is 2.31. The van der Waals surface area contributed by atoms with Gasteiger partial charge < -0.3 is 9.64 Å². The lowest BCUT2D eigenvalue weighted by Crippen LogP contribution is -2.48. The number of amides is 1. The molecule has 1 amide bonds. The zero-order valence-corrected chi connectivity index (χ0v) is 17.2. The van der Waals surface area contributed by atoms with E-state index in [0.29, 0.717) is 24.4 Å². The number of hydrogen-bond donors (Lipinski definition) is 0. The standard InChI is InChI=1S/C21H22FN3O3S/c1-13-16-11-18(19(26)24-10-4-3-5-17(24)21(27)28-2)29-20(16)25(23-13)12-14-6-8-15(22)9-7-14/h6-9,11,17H,3-5,10,12H2,1-2H3. The average molecular weight is 415 g/mol. The van der Waals surface area contributed by atoms with Gasteiger partial charge in [0.05, 0.1) is 24.2 Å². The highest BCUT2D eigenvalue weighted by Gasteiger charge is 2.34. The monoisotopic (exact) mass is 415 g/mol. The third-order valence-electron chi connectivity index (χ3n) is 5.30. The number of halogens is 1. The molecule has 8 heteroatoms. The summed E-state index contributed by atoms with van der Waals surface area (Å²) in [5, 5.41) is 5.49. The Bertz CT molecular complexity index is 1060. The molecule has 0 radical (unpaired) electrons. The molecular formula is C21H22FN3O3S. The summed E-state index contributed by atoms with van der Waals surface area (Å²) in [4.78, 5) is 28.4. The molecule has 29 heavy (non-hydrogen) atoms. The second kappa shape index (κ2) is 7.94. The number of benzene rings is 1. The number of fused-ring (bicyclic) bond motifs is 1. The van der Waals surface area contributed by atoms with Crippen LogP contribution in [0.15, 0.2) is 30.3 Å². The number of carbonyl (C=O) groups excluding carboxylic acids is 2. The van der Waals surface area contributed by atoms with E-state index in [1.54, 1.807) is 17.0 Å². The van der Waals surface area contributed by atoms with Crippen LogP contribution in [0.1, 0.15) is 40.2 Å². The molecule has 2 aromatic heterocycles. The summed E-state index contributed by atoms with van der Waals surface area (Å²) in [6.45, 7) is 2.95. The van der Waals surface area contributed by atoms with E-state index in [2.05, 4.69) is 5.10 Å². The number of aryl methyl sites for hydroxylation is 1. The Morgan fingerprint density at radius 1 is 1.28 bits per heavy atom. The number of carbonyl (C=O) groups is 2. The predicted molar refractivity (Wildman–Crippen MR) is 109 cm³/mol. The molecule has 0 saturated carbocycles. The normalized spacial score (nSPS) is 16.9. The molecule has 1 unspecified atom stereocenters. The van der Waals surface area contributed by atoms with Crippen LogP contribution in [-0.2, 0) is 16.1 Å². The maximum atomic E-state index is 13.2. The largest absolute Gasteiger partial charge is 0.467 e. The molecule has 0 aliphatic carbocycles. The van der Waals surface area contributed by atoms with Crippen molar-refractivity contribution in [2.24, 2.45) is 0 Å². The fourth-order valence-electron chi connectivity index (χ4n) is 3.79. The van der Waals surface area contributed by atoms with Gasteiger partial charge in [-0.25, -0.2) is 9.18 Å². The second-order valence-electron chi connectivity index (χ2n) is 7.23. The van der Waals surface area contributed by atoms with Crippen molar-refractivity contribution in [3.8, 4) is 0 Å². The van der Waals surface area contributed by atoms with E-state index in [0.717, 1.165) is 34.3 Å². The number of hydrogen-bond acceptors (Lipinski definition) is 5. The Balaban J connectivity index is 1.64. The van der Waals surface area contributed by atoms with E-state index in [4.69, 9.17) is 4.74 Å². The van der Waals surface area contributed by atoms with E-state index in [1.807, 2.05) is 17.7 Å². The van der Waals surface area contributed by atoms with Gasteiger partial charge in [0.15, 0.2) is 0 Å². The van der Waals surface area contributed by atoms with Crippen molar-refractivity contribution in [2.45, 2.75) is 38.8 Å². The van der Waals surface area contributed by atoms with Crippen LogP contribution in [0.3, 0.4) is 0 Å². The number of rotatable bonds is 4. The zero-order chi connectivity index (χ0) is 20.5. The second-order valence-corrected chi connectivity index (χ2v) is 8.26. The maximum absolute atomic E-state index is 13.2. The first-order chi connectivity index (χ1) is 14.0. The number of esters is 1. The topological polar surface area (TPSA) is 64.4 Å². The first-order valence-corrected chi connectivity index (χ1v) is 10.4. The van der Waals surface area contributed by atoms with Gasteiger partial charge >= 0.3 is 5.97 Å².